The van der Waals surface area contributed by atoms with E-state index in [2.05, 4.69) is 15.2 Å². The van der Waals surface area contributed by atoms with Crippen LogP contribution in [0.5, 0.6) is 0 Å². The van der Waals surface area contributed by atoms with E-state index in [1.54, 1.807) is 10.9 Å². The van der Waals surface area contributed by atoms with E-state index in [-0.39, 0.29) is 23.2 Å². The van der Waals surface area contributed by atoms with E-state index in [9.17, 15) is 9.59 Å². The molecule has 0 aromatic carbocycles. The summed E-state index contributed by atoms with van der Waals surface area (Å²) in [5.41, 5.74) is -0.438. The topological polar surface area (TPSA) is 85.6 Å². The van der Waals surface area contributed by atoms with Crippen molar-refractivity contribution in [3.63, 3.8) is 0 Å². The average molecular weight is 298 g/mol. The summed E-state index contributed by atoms with van der Waals surface area (Å²) < 4.78 is 2.90. The van der Waals surface area contributed by atoms with Crippen molar-refractivity contribution in [3.05, 3.63) is 43.7 Å². The van der Waals surface area contributed by atoms with Gasteiger partial charge in [0.2, 0.25) is 0 Å². The molecular weight excluding hydrogens is 282 g/mol. The minimum atomic E-state index is -0.508. The molecule has 7 nitrogen and oxygen atoms in total. The third kappa shape index (κ3) is 2.67. The Bertz CT molecular complexity index is 728. The summed E-state index contributed by atoms with van der Waals surface area (Å²) in [6.45, 7) is 3.94. The molecule has 0 saturated carbocycles. The zero-order valence-electron chi connectivity index (χ0n) is 11.6. The molecule has 8 heteroatoms. The van der Waals surface area contributed by atoms with Crippen LogP contribution in [0.4, 0.5) is 0 Å². The highest BCUT2D eigenvalue weighted by atomic mass is 35.5. The minimum Gasteiger partial charge on any atom is -0.321 e. The second-order valence-corrected chi connectivity index (χ2v) is 5.26. The normalized spacial score (nSPS) is 11.2. The first-order valence-corrected chi connectivity index (χ1v) is 6.65. The fourth-order valence-corrected chi connectivity index (χ4v) is 2.39. The molecule has 2 heterocycles. The number of rotatable bonds is 4. The van der Waals surface area contributed by atoms with E-state index in [4.69, 9.17) is 11.6 Å². The lowest BCUT2D eigenvalue weighted by Gasteiger charge is -2.10. The quantitative estimate of drug-likeness (QED) is 0.841. The van der Waals surface area contributed by atoms with Gasteiger partial charge in [-0.05, 0) is 5.92 Å². The molecule has 1 N–H and O–H groups in total. The molecule has 0 amide bonds. The van der Waals surface area contributed by atoms with Crippen molar-refractivity contribution in [2.24, 2.45) is 7.05 Å². The minimum absolute atomic E-state index is 0.0621. The summed E-state index contributed by atoms with van der Waals surface area (Å²) in [5, 5.41) is 7.80. The molecule has 0 radical (unpaired) electrons. The maximum Gasteiger partial charge on any atom is 0.329 e. The van der Waals surface area contributed by atoms with Gasteiger partial charge in [-0.3, -0.25) is 14.3 Å². The highest BCUT2D eigenvalue weighted by Gasteiger charge is 2.16. The second-order valence-electron chi connectivity index (χ2n) is 4.88. The lowest BCUT2D eigenvalue weighted by molar-refractivity contribution is 0.588. The Morgan fingerprint density at radius 2 is 2.10 bits per heavy atom. The number of nitrogens with one attached hydrogen (secondary N) is 1. The molecule has 0 unspecified atom stereocenters. The van der Waals surface area contributed by atoms with E-state index < -0.39 is 5.69 Å². The summed E-state index contributed by atoms with van der Waals surface area (Å²) in [6.07, 6.45) is 2.02. The van der Waals surface area contributed by atoms with Gasteiger partial charge in [-0.25, -0.2) is 4.79 Å². The van der Waals surface area contributed by atoms with Crippen molar-refractivity contribution in [2.75, 3.05) is 0 Å². The van der Waals surface area contributed by atoms with Crippen LogP contribution in [0.2, 0.25) is 5.15 Å². The Hall–Kier alpha value is -1.89. The van der Waals surface area contributed by atoms with Crippen LogP contribution in [-0.2, 0) is 20.0 Å². The molecule has 0 spiro atoms. The lowest BCUT2D eigenvalue weighted by Crippen LogP contribution is -2.38. The molecule has 2 aromatic heterocycles. The van der Waals surface area contributed by atoms with Gasteiger partial charge < -0.3 is 4.57 Å². The molecular formula is C12H16ClN5O2. The van der Waals surface area contributed by atoms with Crippen molar-refractivity contribution in [2.45, 2.75) is 32.7 Å². The van der Waals surface area contributed by atoms with Crippen molar-refractivity contribution < 1.29 is 0 Å². The summed E-state index contributed by atoms with van der Waals surface area (Å²) >= 11 is 5.93. The number of aryl methyl sites for hydroxylation is 2. The fraction of sp³-hybridized carbons (Fsp3) is 0.500. The Balaban J connectivity index is 2.37. The van der Waals surface area contributed by atoms with Gasteiger partial charge in [0, 0.05) is 20.0 Å². The Morgan fingerprint density at radius 1 is 1.40 bits per heavy atom. The van der Waals surface area contributed by atoms with Crippen LogP contribution >= 0.6 is 11.6 Å². The van der Waals surface area contributed by atoms with E-state index in [1.807, 2.05) is 20.9 Å². The van der Waals surface area contributed by atoms with Gasteiger partial charge in [-0.15, -0.1) is 10.2 Å². The predicted molar refractivity (Wildman–Crippen MR) is 75.1 cm³/mol. The summed E-state index contributed by atoms with van der Waals surface area (Å²) in [4.78, 5) is 26.7. The third-order valence-electron chi connectivity index (χ3n) is 3.12. The van der Waals surface area contributed by atoms with Crippen LogP contribution in [0, 0.1) is 0 Å². The molecule has 0 saturated heterocycles. The first kappa shape index (κ1) is 14.5. The van der Waals surface area contributed by atoms with Gasteiger partial charge >= 0.3 is 5.69 Å². The highest BCUT2D eigenvalue weighted by molar-refractivity contribution is 6.30. The van der Waals surface area contributed by atoms with Gasteiger partial charge in [0.25, 0.3) is 5.56 Å². The Kier molecular flexibility index (Phi) is 4.08. The van der Waals surface area contributed by atoms with Crippen LogP contribution in [-0.4, -0.2) is 24.3 Å². The van der Waals surface area contributed by atoms with Crippen LogP contribution in [0.1, 0.15) is 31.2 Å². The van der Waals surface area contributed by atoms with Crippen LogP contribution in [0.15, 0.2) is 15.9 Å². The highest BCUT2D eigenvalue weighted by Crippen LogP contribution is 2.16. The molecule has 108 valence electrons. The van der Waals surface area contributed by atoms with E-state index in [1.165, 1.54) is 0 Å². The number of nitrogens with zero attached hydrogens (tertiary/aromatic N) is 4. The van der Waals surface area contributed by atoms with Gasteiger partial charge in [0.1, 0.15) is 17.3 Å². The molecule has 0 aliphatic rings. The predicted octanol–water partition coefficient (Wildman–Crippen LogP) is 0.685. The number of H-pyrrole nitrogens is 1. The molecule has 0 bridgehead atoms. The van der Waals surface area contributed by atoms with Gasteiger partial charge in [0.15, 0.2) is 0 Å². The zero-order valence-corrected chi connectivity index (χ0v) is 12.3. The van der Waals surface area contributed by atoms with Crippen molar-refractivity contribution in [3.8, 4) is 0 Å². The standard InChI is InChI=1S/C12H16ClN5O2/c1-7(2)9-10(13)15-12(20)18(11(9)19)5-4-8-16-14-6-17(8)3/h6-7H,4-5H2,1-3H3,(H,15,20). The SMILES string of the molecule is CC(C)c1c(Cl)[nH]c(=O)n(CCc2nncn2C)c1=O. The Labute approximate surface area is 120 Å². The number of aromatic nitrogens is 5. The molecule has 2 aromatic rings. The summed E-state index contributed by atoms with van der Waals surface area (Å²) in [7, 11) is 1.81. The third-order valence-corrected chi connectivity index (χ3v) is 3.41. The fourth-order valence-electron chi connectivity index (χ4n) is 2.01. The first-order valence-electron chi connectivity index (χ1n) is 6.27. The molecule has 20 heavy (non-hydrogen) atoms. The maximum absolute atomic E-state index is 12.3. The largest absolute Gasteiger partial charge is 0.329 e. The van der Waals surface area contributed by atoms with Gasteiger partial charge in [-0.2, -0.15) is 0 Å². The van der Waals surface area contributed by atoms with Gasteiger partial charge in [0.05, 0.1) is 5.56 Å². The second kappa shape index (κ2) is 5.62. The molecule has 0 aliphatic carbocycles. The monoisotopic (exact) mass is 297 g/mol. The van der Waals surface area contributed by atoms with Crippen molar-refractivity contribution in [1.29, 1.82) is 0 Å². The van der Waals surface area contributed by atoms with Crippen LogP contribution in [0.25, 0.3) is 0 Å². The smallest absolute Gasteiger partial charge is 0.321 e. The lowest BCUT2D eigenvalue weighted by atomic mass is 10.1. The van der Waals surface area contributed by atoms with E-state index in [0.29, 0.717) is 17.8 Å². The van der Waals surface area contributed by atoms with E-state index >= 15 is 0 Å². The van der Waals surface area contributed by atoms with E-state index in [0.717, 1.165) is 4.57 Å². The Morgan fingerprint density at radius 3 is 2.65 bits per heavy atom. The molecule has 0 aliphatic heterocycles. The van der Waals surface area contributed by atoms with Gasteiger partial charge in [-0.1, -0.05) is 25.4 Å². The zero-order chi connectivity index (χ0) is 14.9. The number of hydrogen-bond acceptors (Lipinski definition) is 4. The number of hydrogen-bond donors (Lipinski definition) is 1. The van der Waals surface area contributed by atoms with Crippen molar-refractivity contribution in [1.82, 2.24) is 24.3 Å². The number of aromatic amines is 1. The van der Waals surface area contributed by atoms with Crippen LogP contribution < -0.4 is 11.2 Å². The molecule has 2 rings (SSSR count). The molecule has 0 fully saturated rings. The van der Waals surface area contributed by atoms with Crippen molar-refractivity contribution >= 4 is 11.6 Å². The molecule has 0 atom stereocenters. The summed E-state index contributed by atoms with van der Waals surface area (Å²) in [5.74, 6) is 0.644. The number of halogens is 1. The first-order chi connectivity index (χ1) is 9.41. The van der Waals surface area contributed by atoms with Crippen LogP contribution in [0.3, 0.4) is 0 Å². The summed E-state index contributed by atoms with van der Waals surface area (Å²) in [6, 6.07) is 0. The average Bonchev–Trinajstić information content (AvgIpc) is 2.73. The maximum atomic E-state index is 12.3.